The Bertz CT molecular complexity index is 1530. The van der Waals surface area contributed by atoms with Crippen LogP contribution in [0.4, 0.5) is 4.39 Å². The first-order chi connectivity index (χ1) is 17.9. The number of hydrogen-bond acceptors (Lipinski definition) is 5. The molecule has 0 aliphatic rings. The molecule has 3 heterocycles. The standard InChI is InChI=1S/C23H18FN3O2.C6H6BrN/c1-15-9-10-25-19(11-15)23(28)20-13-27(14-26-20)17-6-3-5-16(12-17)22-18(24)7-4-8-21(22)29-2;1-5-3-2-4-8-6(5)7/h3-14H,1-2H3;2-4H,1H3. The fourth-order valence-electron chi connectivity index (χ4n) is 3.62. The van der Waals surface area contributed by atoms with Crippen molar-refractivity contribution in [3.8, 4) is 22.6 Å². The van der Waals surface area contributed by atoms with Gasteiger partial charge in [-0.25, -0.2) is 14.4 Å². The molecule has 6 nitrogen and oxygen atoms in total. The fourth-order valence-corrected chi connectivity index (χ4v) is 3.87. The van der Waals surface area contributed by atoms with E-state index in [0.717, 1.165) is 15.9 Å². The molecule has 0 atom stereocenters. The number of aromatic nitrogens is 4. The van der Waals surface area contributed by atoms with Crippen LogP contribution < -0.4 is 4.74 Å². The highest BCUT2D eigenvalue weighted by Crippen LogP contribution is 2.33. The minimum atomic E-state index is -0.367. The van der Waals surface area contributed by atoms with Crippen molar-refractivity contribution >= 4 is 21.7 Å². The average Bonchev–Trinajstić information content (AvgIpc) is 3.41. The number of carbonyl (C=O) groups is 1. The molecule has 2 aromatic carbocycles. The summed E-state index contributed by atoms with van der Waals surface area (Å²) in [5.74, 6) is -0.165. The van der Waals surface area contributed by atoms with Crippen molar-refractivity contribution in [1.29, 1.82) is 0 Å². The Morgan fingerprint density at radius 1 is 0.919 bits per heavy atom. The van der Waals surface area contributed by atoms with Gasteiger partial charge in [-0.05, 0) is 88.9 Å². The van der Waals surface area contributed by atoms with Gasteiger partial charge in [0.25, 0.3) is 0 Å². The van der Waals surface area contributed by atoms with Crippen molar-refractivity contribution in [3.05, 3.63) is 125 Å². The molecule has 0 bridgehead atoms. The second-order valence-corrected chi connectivity index (χ2v) is 8.94. The zero-order chi connectivity index (χ0) is 26.4. The first-order valence-electron chi connectivity index (χ1n) is 11.4. The number of nitrogens with zero attached hydrogens (tertiary/aromatic N) is 4. The highest BCUT2D eigenvalue weighted by Gasteiger charge is 2.16. The number of hydrogen-bond donors (Lipinski definition) is 0. The van der Waals surface area contributed by atoms with Gasteiger partial charge in [-0.15, -0.1) is 0 Å². The molecular formula is C29H24BrFN4O2. The lowest BCUT2D eigenvalue weighted by Gasteiger charge is -2.11. The number of methoxy groups -OCH3 is 1. The van der Waals surface area contributed by atoms with Crippen molar-refractivity contribution < 1.29 is 13.9 Å². The number of aryl methyl sites for hydroxylation is 2. The third kappa shape index (κ3) is 6.16. The number of ketones is 1. The largest absolute Gasteiger partial charge is 0.496 e. The molecule has 0 saturated carbocycles. The average molecular weight is 559 g/mol. The smallest absolute Gasteiger partial charge is 0.231 e. The lowest BCUT2D eigenvalue weighted by Crippen LogP contribution is -2.04. The van der Waals surface area contributed by atoms with Crippen LogP contribution in [0, 0.1) is 19.7 Å². The molecule has 0 aliphatic carbocycles. The number of rotatable bonds is 5. The number of pyridine rings is 2. The molecule has 3 aromatic heterocycles. The van der Waals surface area contributed by atoms with E-state index < -0.39 is 0 Å². The van der Waals surface area contributed by atoms with E-state index in [0.29, 0.717) is 22.6 Å². The van der Waals surface area contributed by atoms with Gasteiger partial charge < -0.3 is 9.30 Å². The summed E-state index contributed by atoms with van der Waals surface area (Å²) in [6, 6.07) is 19.5. The second kappa shape index (κ2) is 11.7. The van der Waals surface area contributed by atoms with Gasteiger partial charge in [-0.2, -0.15) is 0 Å². The van der Waals surface area contributed by atoms with E-state index in [1.165, 1.54) is 18.7 Å². The zero-order valence-electron chi connectivity index (χ0n) is 20.5. The van der Waals surface area contributed by atoms with E-state index in [1.54, 1.807) is 47.7 Å². The first-order valence-corrected chi connectivity index (χ1v) is 12.2. The van der Waals surface area contributed by atoms with E-state index in [1.807, 2.05) is 56.3 Å². The SMILES string of the molecule is COc1cccc(F)c1-c1cccc(-n2cnc(C(=O)c3cc(C)ccn3)c2)c1.Cc1cccnc1Br. The molecule has 186 valence electrons. The maximum absolute atomic E-state index is 14.4. The van der Waals surface area contributed by atoms with Crippen LogP contribution in [0.3, 0.4) is 0 Å². The molecular weight excluding hydrogens is 535 g/mol. The Kier molecular flexibility index (Phi) is 8.20. The van der Waals surface area contributed by atoms with Crippen LogP contribution in [0.15, 0.2) is 96.3 Å². The Morgan fingerprint density at radius 2 is 1.73 bits per heavy atom. The van der Waals surface area contributed by atoms with Crippen molar-refractivity contribution in [3.63, 3.8) is 0 Å². The topological polar surface area (TPSA) is 69.9 Å². The summed E-state index contributed by atoms with van der Waals surface area (Å²) >= 11 is 3.28. The molecule has 0 saturated heterocycles. The number of carbonyl (C=O) groups excluding carboxylic acids is 1. The predicted molar refractivity (Wildman–Crippen MR) is 145 cm³/mol. The van der Waals surface area contributed by atoms with Crippen molar-refractivity contribution in [2.24, 2.45) is 0 Å². The summed E-state index contributed by atoms with van der Waals surface area (Å²) in [7, 11) is 1.51. The monoisotopic (exact) mass is 558 g/mol. The Balaban J connectivity index is 0.000000342. The maximum Gasteiger partial charge on any atom is 0.231 e. The molecule has 0 radical (unpaired) electrons. The summed E-state index contributed by atoms with van der Waals surface area (Å²) in [5, 5.41) is 0. The number of benzene rings is 2. The molecule has 0 unspecified atom stereocenters. The molecule has 0 spiro atoms. The second-order valence-electron chi connectivity index (χ2n) is 8.19. The fraction of sp³-hybridized carbons (Fsp3) is 0.103. The summed E-state index contributed by atoms with van der Waals surface area (Å²) in [4.78, 5) is 25.0. The van der Waals surface area contributed by atoms with Gasteiger partial charge in [-0.1, -0.05) is 24.3 Å². The first kappa shape index (κ1) is 25.9. The molecule has 0 N–H and O–H groups in total. The minimum absolute atomic E-state index is 0.251. The molecule has 0 amide bonds. The van der Waals surface area contributed by atoms with E-state index in [2.05, 4.69) is 30.9 Å². The van der Waals surface area contributed by atoms with Crippen LogP contribution >= 0.6 is 15.9 Å². The van der Waals surface area contributed by atoms with Gasteiger partial charge in [0.2, 0.25) is 5.78 Å². The van der Waals surface area contributed by atoms with E-state index in [-0.39, 0.29) is 17.3 Å². The van der Waals surface area contributed by atoms with Gasteiger partial charge in [0.15, 0.2) is 0 Å². The highest BCUT2D eigenvalue weighted by atomic mass is 79.9. The summed E-state index contributed by atoms with van der Waals surface area (Å²) < 4.78 is 22.4. The van der Waals surface area contributed by atoms with E-state index >= 15 is 0 Å². The lowest BCUT2D eigenvalue weighted by atomic mass is 10.0. The van der Waals surface area contributed by atoms with Gasteiger partial charge in [0, 0.05) is 24.3 Å². The minimum Gasteiger partial charge on any atom is -0.496 e. The normalized spacial score (nSPS) is 10.4. The van der Waals surface area contributed by atoms with Crippen molar-refractivity contribution in [2.45, 2.75) is 13.8 Å². The van der Waals surface area contributed by atoms with Crippen LogP contribution in [0.1, 0.15) is 27.3 Å². The maximum atomic E-state index is 14.4. The van der Waals surface area contributed by atoms with Crippen molar-refractivity contribution in [2.75, 3.05) is 7.11 Å². The third-order valence-electron chi connectivity index (χ3n) is 5.54. The van der Waals surface area contributed by atoms with E-state index in [9.17, 15) is 9.18 Å². The number of ether oxygens (including phenoxy) is 1. The quantitative estimate of drug-likeness (QED) is 0.176. The Labute approximate surface area is 223 Å². The Morgan fingerprint density at radius 3 is 2.43 bits per heavy atom. The lowest BCUT2D eigenvalue weighted by molar-refractivity contribution is 0.103. The Hall–Kier alpha value is -4.17. The van der Waals surface area contributed by atoms with Gasteiger partial charge >= 0.3 is 0 Å². The van der Waals surface area contributed by atoms with Gasteiger partial charge in [0.05, 0.1) is 12.7 Å². The molecule has 0 aliphatic heterocycles. The van der Waals surface area contributed by atoms with E-state index in [4.69, 9.17) is 4.74 Å². The molecule has 5 aromatic rings. The summed E-state index contributed by atoms with van der Waals surface area (Å²) in [6.07, 6.45) is 6.56. The number of halogens is 2. The van der Waals surface area contributed by atoms with Crippen LogP contribution in [-0.2, 0) is 0 Å². The summed E-state index contributed by atoms with van der Waals surface area (Å²) in [5.41, 5.74) is 4.56. The molecule has 0 fully saturated rings. The molecule has 5 rings (SSSR count). The van der Waals surface area contributed by atoms with Gasteiger partial charge in [0.1, 0.15) is 33.9 Å². The van der Waals surface area contributed by atoms with Crippen LogP contribution in [0.5, 0.6) is 5.75 Å². The van der Waals surface area contributed by atoms with Crippen LogP contribution in [0.2, 0.25) is 0 Å². The van der Waals surface area contributed by atoms with Crippen LogP contribution in [0.25, 0.3) is 16.8 Å². The zero-order valence-corrected chi connectivity index (χ0v) is 22.1. The number of imidazole rings is 1. The third-order valence-corrected chi connectivity index (χ3v) is 6.37. The van der Waals surface area contributed by atoms with Gasteiger partial charge in [-0.3, -0.25) is 9.78 Å². The van der Waals surface area contributed by atoms with Crippen LogP contribution in [-0.4, -0.2) is 32.4 Å². The highest BCUT2D eigenvalue weighted by molar-refractivity contribution is 9.10. The molecule has 37 heavy (non-hydrogen) atoms. The molecule has 8 heteroatoms. The summed E-state index contributed by atoms with van der Waals surface area (Å²) in [6.45, 7) is 3.91. The van der Waals surface area contributed by atoms with Crippen molar-refractivity contribution in [1.82, 2.24) is 19.5 Å². The predicted octanol–water partition coefficient (Wildman–Crippen LogP) is 6.77.